The van der Waals surface area contributed by atoms with Crippen molar-refractivity contribution in [1.82, 2.24) is 10.2 Å². The van der Waals surface area contributed by atoms with Crippen molar-refractivity contribution in [2.75, 3.05) is 13.1 Å². The Bertz CT molecular complexity index is 592. The van der Waals surface area contributed by atoms with E-state index in [4.69, 9.17) is 0 Å². The van der Waals surface area contributed by atoms with E-state index in [2.05, 4.69) is 5.32 Å². The van der Waals surface area contributed by atoms with Crippen LogP contribution in [0.3, 0.4) is 0 Å². The molecule has 1 N–H and O–H groups in total. The molecule has 0 aromatic heterocycles. The Labute approximate surface area is 141 Å². The first kappa shape index (κ1) is 18.4. The van der Waals surface area contributed by atoms with Gasteiger partial charge in [-0.15, -0.1) is 0 Å². The van der Waals surface area contributed by atoms with Gasteiger partial charge < -0.3 is 10.2 Å². The number of aryl methyl sites for hydroxylation is 1. The highest BCUT2D eigenvalue weighted by atomic mass is 19.1. The maximum atomic E-state index is 13.7. The van der Waals surface area contributed by atoms with Crippen molar-refractivity contribution in [3.8, 4) is 0 Å². The topological polar surface area (TPSA) is 49.4 Å². The molecule has 2 amide bonds. The number of amides is 2. The Hall–Kier alpha value is -1.98. The molecule has 1 fully saturated rings. The van der Waals surface area contributed by atoms with E-state index in [1.165, 1.54) is 19.1 Å². The Morgan fingerprint density at radius 1 is 1.29 bits per heavy atom. The number of nitrogens with one attached hydrogen (secondary N) is 1. The number of piperidine rings is 1. The molecule has 1 heterocycles. The molecule has 0 radical (unpaired) electrons. The molecule has 6 heteroatoms. The number of halogens is 2. The first-order chi connectivity index (χ1) is 11.5. The first-order valence-electron chi connectivity index (χ1n) is 8.45. The highest BCUT2D eigenvalue weighted by Gasteiger charge is 2.26. The molecule has 0 spiro atoms. The van der Waals surface area contributed by atoms with Crippen molar-refractivity contribution in [3.63, 3.8) is 0 Å². The lowest BCUT2D eigenvalue weighted by atomic mass is 9.98. The van der Waals surface area contributed by atoms with Gasteiger partial charge in [-0.25, -0.2) is 8.78 Å². The van der Waals surface area contributed by atoms with Gasteiger partial charge in [0, 0.05) is 38.5 Å². The van der Waals surface area contributed by atoms with Crippen LogP contribution in [-0.4, -0.2) is 35.8 Å². The van der Waals surface area contributed by atoms with Gasteiger partial charge >= 0.3 is 0 Å². The van der Waals surface area contributed by atoms with Crippen LogP contribution >= 0.6 is 0 Å². The summed E-state index contributed by atoms with van der Waals surface area (Å²) in [6.07, 6.45) is 4.17. The molecule has 1 aromatic rings. The fourth-order valence-electron chi connectivity index (χ4n) is 3.15. The molecule has 24 heavy (non-hydrogen) atoms. The number of hydrogen-bond acceptors (Lipinski definition) is 2. The Balaban J connectivity index is 1.89. The quantitative estimate of drug-likeness (QED) is 0.867. The van der Waals surface area contributed by atoms with Gasteiger partial charge in [0.1, 0.15) is 11.6 Å². The van der Waals surface area contributed by atoms with Gasteiger partial charge in [0.15, 0.2) is 0 Å². The number of nitrogens with zero attached hydrogens (tertiary/aromatic N) is 1. The number of hydrogen-bond donors (Lipinski definition) is 1. The lowest BCUT2D eigenvalue weighted by molar-refractivity contribution is -0.134. The highest BCUT2D eigenvalue weighted by Crippen LogP contribution is 2.21. The zero-order chi connectivity index (χ0) is 17.5. The van der Waals surface area contributed by atoms with Gasteiger partial charge in [-0.05, 0) is 43.7 Å². The zero-order valence-electron chi connectivity index (χ0n) is 14.0. The van der Waals surface area contributed by atoms with Crippen LogP contribution in [0, 0.1) is 11.6 Å². The van der Waals surface area contributed by atoms with E-state index in [1.807, 2.05) is 4.90 Å². The average Bonchev–Trinajstić information content (AvgIpc) is 2.54. The van der Waals surface area contributed by atoms with Crippen molar-refractivity contribution in [2.45, 2.75) is 51.5 Å². The first-order valence-corrected chi connectivity index (χ1v) is 8.45. The molecule has 1 atom stereocenters. The van der Waals surface area contributed by atoms with E-state index in [0.717, 1.165) is 31.7 Å². The third kappa shape index (κ3) is 5.28. The second kappa shape index (κ2) is 8.76. The molecule has 1 aliphatic heterocycles. The third-order valence-electron chi connectivity index (χ3n) is 4.42. The molecule has 1 aliphatic rings. The van der Waals surface area contributed by atoms with E-state index in [9.17, 15) is 18.4 Å². The molecule has 1 saturated heterocycles. The molecule has 132 valence electrons. The summed E-state index contributed by atoms with van der Waals surface area (Å²) in [4.78, 5) is 25.3. The Kier molecular flexibility index (Phi) is 6.70. The summed E-state index contributed by atoms with van der Waals surface area (Å²) >= 11 is 0. The van der Waals surface area contributed by atoms with Crippen molar-refractivity contribution in [2.24, 2.45) is 0 Å². The SMILES string of the molecule is CC(=O)NCC[C@H]1CCCCN1C(=O)CCc1ccc(F)cc1F. The fraction of sp³-hybridized carbons (Fsp3) is 0.556. The fourth-order valence-corrected chi connectivity index (χ4v) is 3.15. The second-order valence-corrected chi connectivity index (χ2v) is 6.24. The number of rotatable bonds is 6. The van der Waals surface area contributed by atoms with Gasteiger partial charge in [0.25, 0.3) is 0 Å². The van der Waals surface area contributed by atoms with Crippen LogP contribution in [0.5, 0.6) is 0 Å². The molecule has 4 nitrogen and oxygen atoms in total. The second-order valence-electron chi connectivity index (χ2n) is 6.24. The van der Waals surface area contributed by atoms with Crippen LogP contribution in [0.1, 0.15) is 44.6 Å². The van der Waals surface area contributed by atoms with Crippen LogP contribution in [-0.2, 0) is 16.0 Å². The van der Waals surface area contributed by atoms with Crippen molar-refractivity contribution < 1.29 is 18.4 Å². The van der Waals surface area contributed by atoms with Crippen LogP contribution in [0.2, 0.25) is 0 Å². The molecule has 0 saturated carbocycles. The number of likely N-dealkylation sites (tertiary alicyclic amines) is 1. The van der Waals surface area contributed by atoms with Crippen LogP contribution in [0.25, 0.3) is 0 Å². The molecule has 2 rings (SSSR count). The Morgan fingerprint density at radius 2 is 2.08 bits per heavy atom. The number of benzene rings is 1. The molecular weight excluding hydrogens is 314 g/mol. The van der Waals surface area contributed by atoms with Crippen LogP contribution in [0.15, 0.2) is 18.2 Å². The normalized spacial score (nSPS) is 17.6. The largest absolute Gasteiger partial charge is 0.356 e. The monoisotopic (exact) mass is 338 g/mol. The van der Waals surface area contributed by atoms with E-state index < -0.39 is 11.6 Å². The summed E-state index contributed by atoms with van der Waals surface area (Å²) in [5.74, 6) is -1.30. The predicted octanol–water partition coefficient (Wildman–Crippen LogP) is 2.80. The minimum atomic E-state index is -0.614. The summed E-state index contributed by atoms with van der Waals surface area (Å²) in [6.45, 7) is 2.73. The van der Waals surface area contributed by atoms with E-state index in [1.54, 1.807) is 0 Å². The van der Waals surface area contributed by atoms with E-state index in [0.29, 0.717) is 18.7 Å². The lowest BCUT2D eigenvalue weighted by Gasteiger charge is -2.36. The van der Waals surface area contributed by atoms with Gasteiger partial charge in [-0.2, -0.15) is 0 Å². The van der Waals surface area contributed by atoms with E-state index in [-0.39, 0.29) is 30.7 Å². The smallest absolute Gasteiger partial charge is 0.223 e. The lowest BCUT2D eigenvalue weighted by Crippen LogP contribution is -2.45. The maximum absolute atomic E-state index is 13.7. The summed E-state index contributed by atoms with van der Waals surface area (Å²) in [5, 5.41) is 2.76. The van der Waals surface area contributed by atoms with Crippen molar-refractivity contribution in [3.05, 3.63) is 35.4 Å². The minimum absolute atomic E-state index is 0.00810. The maximum Gasteiger partial charge on any atom is 0.223 e. The standard InChI is InChI=1S/C18H24F2N2O2/c1-13(23)21-10-9-16-4-2-3-11-22(16)18(24)8-6-14-5-7-15(19)12-17(14)20/h5,7,12,16H,2-4,6,8-11H2,1H3,(H,21,23)/t16-/m1/s1. The third-order valence-corrected chi connectivity index (χ3v) is 4.42. The molecule has 0 bridgehead atoms. The van der Waals surface area contributed by atoms with Crippen molar-refractivity contribution >= 4 is 11.8 Å². The van der Waals surface area contributed by atoms with Crippen LogP contribution in [0.4, 0.5) is 8.78 Å². The van der Waals surface area contributed by atoms with Gasteiger partial charge in [0.05, 0.1) is 0 Å². The zero-order valence-corrected chi connectivity index (χ0v) is 14.0. The summed E-state index contributed by atoms with van der Waals surface area (Å²) in [5.41, 5.74) is 0.358. The van der Waals surface area contributed by atoms with Crippen molar-refractivity contribution in [1.29, 1.82) is 0 Å². The summed E-state index contributed by atoms with van der Waals surface area (Å²) in [6, 6.07) is 3.57. The minimum Gasteiger partial charge on any atom is -0.356 e. The molecular formula is C18H24F2N2O2. The number of carbonyl (C=O) groups is 2. The predicted molar refractivity (Wildman–Crippen MR) is 87.3 cm³/mol. The molecule has 0 unspecified atom stereocenters. The molecule has 1 aromatic carbocycles. The van der Waals surface area contributed by atoms with Gasteiger partial charge in [-0.3, -0.25) is 9.59 Å². The Morgan fingerprint density at radius 3 is 2.79 bits per heavy atom. The average molecular weight is 338 g/mol. The van der Waals surface area contributed by atoms with E-state index >= 15 is 0 Å². The number of carbonyl (C=O) groups excluding carboxylic acids is 2. The molecule has 0 aliphatic carbocycles. The van der Waals surface area contributed by atoms with Gasteiger partial charge in [0.2, 0.25) is 11.8 Å². The summed E-state index contributed by atoms with van der Waals surface area (Å²) < 4.78 is 26.6. The highest BCUT2D eigenvalue weighted by molar-refractivity contribution is 5.77. The van der Waals surface area contributed by atoms with Crippen LogP contribution < -0.4 is 5.32 Å². The van der Waals surface area contributed by atoms with Gasteiger partial charge in [-0.1, -0.05) is 6.07 Å². The summed E-state index contributed by atoms with van der Waals surface area (Å²) in [7, 11) is 0.